The predicted molar refractivity (Wildman–Crippen MR) is 462 cm³/mol. The van der Waals surface area contributed by atoms with Gasteiger partial charge in [-0.3, -0.25) is 9.97 Å². The fourth-order valence-corrected chi connectivity index (χ4v) is 11.1. The number of hydrogen-bond acceptors (Lipinski definition) is 6. The molecule has 0 atom stereocenters. The molecule has 108 heavy (non-hydrogen) atoms. The van der Waals surface area contributed by atoms with Crippen LogP contribution in [0.4, 0.5) is 13.2 Å². The summed E-state index contributed by atoms with van der Waals surface area (Å²) in [5.74, 6) is 2.59. The summed E-state index contributed by atoms with van der Waals surface area (Å²) in [5.41, 5.74) is 14.4. The Bertz CT molecular complexity index is 4050. The van der Waals surface area contributed by atoms with Crippen molar-refractivity contribution >= 4 is 44.6 Å². The van der Waals surface area contributed by atoms with E-state index in [0.29, 0.717) is 34.0 Å². The molecule has 6 nitrogen and oxygen atoms in total. The summed E-state index contributed by atoms with van der Waals surface area (Å²) in [7, 11) is -3.06. The zero-order valence-corrected chi connectivity index (χ0v) is 73.5. The molecule has 0 spiro atoms. The number of nitrogens with zero attached hydrogens (tertiary/aromatic N) is 4. The van der Waals surface area contributed by atoms with Gasteiger partial charge in [-0.2, -0.15) is 0 Å². The van der Waals surface area contributed by atoms with Crippen LogP contribution in [-0.4, -0.2) is 34.6 Å². The fraction of sp³-hybridized carbons (Fsp3) is 0.411. The summed E-state index contributed by atoms with van der Waals surface area (Å²) in [6.45, 7) is 59.1. The lowest BCUT2D eigenvalue weighted by Crippen LogP contribution is -2.10. The summed E-state index contributed by atoms with van der Waals surface area (Å²) in [5, 5.41) is 2.49. The molecule has 0 aliphatic carbocycles. The van der Waals surface area contributed by atoms with Gasteiger partial charge in [0, 0.05) is 51.0 Å². The number of rotatable bonds is 6. The van der Waals surface area contributed by atoms with E-state index in [1.807, 2.05) is 139 Å². The first-order chi connectivity index (χ1) is 49.7. The summed E-state index contributed by atoms with van der Waals surface area (Å²) in [6.07, 6.45) is 4.69. The summed E-state index contributed by atoms with van der Waals surface area (Å²) >= 11 is 17.5. The van der Waals surface area contributed by atoms with Crippen LogP contribution in [-0.2, 0) is 36.9 Å². The standard InChI is InChI=1S/2C10H13Cl.2C10H13F.C10H14O2S.C10H14.C9H11Cl.C9H11F.C9H14N2.C8H12N2/c1-10(2,3)8-4-6-9(11)7-5-8;1-10(2,3)8-5-4-6-9(11)7-8;1-10(2,3)8-4-6-9(11)7-5-8;1-10(2,3)8-5-4-6-9(11)7-8;1-8(2)9-5-4-6-10(7-9)13(3,11)12;1-10(2,3)9-7-5-4-6-8-9;2*1-7(2)8-5-3-4-6-9(8)10;1-6(2)9-10-7(3)5-8(4)11-9;1-6(2)8-7(3)9-4-5-10-8/h4*4-7H,1-3H3;4-8H,1-3H3;4-8H,1-3H3;2*3-7H,1-2H3;5-6H,1-4H3;4-6H,1-3H3. The smallest absolute Gasteiger partial charge is 0.175 e. The van der Waals surface area contributed by atoms with Crippen molar-refractivity contribution in [3.8, 4) is 0 Å². The number of sulfone groups is 1. The maximum atomic E-state index is 12.8. The molecular formula is C95H128Cl3F3N4O2S. The highest BCUT2D eigenvalue weighted by molar-refractivity contribution is 7.90. The van der Waals surface area contributed by atoms with Gasteiger partial charge in [0.15, 0.2) is 9.84 Å². The molecule has 0 bridgehead atoms. The van der Waals surface area contributed by atoms with Gasteiger partial charge in [-0.15, -0.1) is 0 Å². The molecule has 0 aliphatic heterocycles. The minimum absolute atomic E-state index is 0.0437. The molecule has 2 aromatic heterocycles. The van der Waals surface area contributed by atoms with Gasteiger partial charge in [-0.25, -0.2) is 31.6 Å². The average Bonchev–Trinajstić information content (AvgIpc) is 0.841. The van der Waals surface area contributed by atoms with Crippen LogP contribution in [0.15, 0.2) is 224 Å². The van der Waals surface area contributed by atoms with E-state index in [4.69, 9.17) is 34.8 Å². The fourth-order valence-electron chi connectivity index (χ4n) is 9.74. The van der Waals surface area contributed by atoms with Crippen LogP contribution < -0.4 is 0 Å². The van der Waals surface area contributed by atoms with Gasteiger partial charge in [-0.1, -0.05) is 335 Å². The van der Waals surface area contributed by atoms with Crippen LogP contribution in [0.2, 0.25) is 15.1 Å². The Morgan fingerprint density at radius 1 is 0.352 bits per heavy atom. The molecule has 8 aromatic carbocycles. The highest BCUT2D eigenvalue weighted by Crippen LogP contribution is 2.28. The van der Waals surface area contributed by atoms with Gasteiger partial charge in [-0.05, 0) is 195 Å². The molecule has 13 heteroatoms. The van der Waals surface area contributed by atoms with E-state index >= 15 is 0 Å². The Labute approximate surface area is 667 Å². The van der Waals surface area contributed by atoms with Gasteiger partial charge in [0.05, 0.1) is 16.3 Å². The summed E-state index contributed by atoms with van der Waals surface area (Å²) < 4.78 is 60.4. The van der Waals surface area contributed by atoms with Gasteiger partial charge < -0.3 is 0 Å². The van der Waals surface area contributed by atoms with E-state index in [1.165, 1.54) is 58.3 Å². The van der Waals surface area contributed by atoms with E-state index in [0.717, 1.165) is 60.4 Å². The van der Waals surface area contributed by atoms with E-state index in [9.17, 15) is 21.6 Å². The van der Waals surface area contributed by atoms with Gasteiger partial charge >= 0.3 is 0 Å². The first kappa shape index (κ1) is 98.5. The third-order valence-electron chi connectivity index (χ3n) is 16.4. The quantitative estimate of drug-likeness (QED) is 0.165. The molecule has 588 valence electrons. The van der Waals surface area contributed by atoms with E-state index < -0.39 is 9.84 Å². The summed E-state index contributed by atoms with van der Waals surface area (Å²) in [6, 6.07) is 63.9. The van der Waals surface area contributed by atoms with Crippen LogP contribution in [0.25, 0.3) is 0 Å². The van der Waals surface area contributed by atoms with Crippen LogP contribution in [0.1, 0.15) is 276 Å². The number of hydrogen-bond donors (Lipinski definition) is 0. The summed E-state index contributed by atoms with van der Waals surface area (Å²) in [4.78, 5) is 17.4. The monoisotopic (exact) mass is 1550 g/mol. The maximum absolute atomic E-state index is 12.8. The van der Waals surface area contributed by atoms with Crippen molar-refractivity contribution in [3.05, 3.63) is 324 Å². The van der Waals surface area contributed by atoms with Crippen molar-refractivity contribution in [1.82, 2.24) is 19.9 Å². The molecule has 0 saturated carbocycles. The normalized spacial score (nSPS) is 11.2. The Kier molecular flexibility index (Phi) is 42.8. The number of benzene rings is 8. The zero-order valence-electron chi connectivity index (χ0n) is 70.5. The van der Waals surface area contributed by atoms with Crippen molar-refractivity contribution in [1.29, 1.82) is 0 Å². The second-order valence-corrected chi connectivity index (χ2v) is 36.6. The molecule has 2 heterocycles. The van der Waals surface area contributed by atoms with Crippen molar-refractivity contribution in [2.45, 2.75) is 255 Å². The highest BCUT2D eigenvalue weighted by Gasteiger charge is 2.17. The lowest BCUT2D eigenvalue weighted by atomic mass is 9.87. The first-order valence-electron chi connectivity index (χ1n) is 37.2. The first-order valence-corrected chi connectivity index (χ1v) is 40.3. The molecular weight excluding hydrogens is 1420 g/mol. The highest BCUT2D eigenvalue weighted by atomic mass is 35.5. The van der Waals surface area contributed by atoms with Gasteiger partial charge in [0.2, 0.25) is 0 Å². The zero-order chi connectivity index (χ0) is 82.7. The molecule has 10 rings (SSSR count). The maximum Gasteiger partial charge on any atom is 0.175 e. The topological polar surface area (TPSA) is 85.7 Å². The Balaban J connectivity index is 0.000000600. The third kappa shape index (κ3) is 40.8. The Morgan fingerprint density at radius 3 is 1.11 bits per heavy atom. The van der Waals surface area contributed by atoms with E-state index in [2.05, 4.69) is 220 Å². The van der Waals surface area contributed by atoms with Crippen molar-refractivity contribution in [3.63, 3.8) is 0 Å². The SMILES string of the molecule is CC(C)(C)c1ccc(Cl)cc1.CC(C)(C)c1ccc(F)cc1.CC(C)(C)c1cccc(Cl)c1.CC(C)(C)c1cccc(F)c1.CC(C)(C)c1ccccc1.CC(C)c1cccc(S(C)(=O)=O)c1.CC(C)c1ccccc1Cl.CC(C)c1ccccc1F.Cc1cc(C)nc(C(C)C)n1.Cc1nccnc1C(C)C. The minimum Gasteiger partial charge on any atom is -0.258 e. The molecule has 0 radical (unpaired) electrons. The molecule has 0 unspecified atom stereocenters. The van der Waals surface area contributed by atoms with Crippen LogP contribution in [0.3, 0.4) is 0 Å². The second-order valence-electron chi connectivity index (χ2n) is 33.3. The van der Waals surface area contributed by atoms with Gasteiger partial charge in [0.1, 0.15) is 23.3 Å². The van der Waals surface area contributed by atoms with E-state index in [-0.39, 0.29) is 45.0 Å². The average molecular weight is 1550 g/mol. The largest absolute Gasteiger partial charge is 0.258 e. The van der Waals surface area contributed by atoms with Crippen molar-refractivity contribution in [2.24, 2.45) is 0 Å². The predicted octanol–water partition coefficient (Wildman–Crippen LogP) is 29.3. The Morgan fingerprint density at radius 2 is 0.759 bits per heavy atom. The van der Waals surface area contributed by atoms with Crippen molar-refractivity contribution in [2.75, 3.05) is 6.26 Å². The Hall–Kier alpha value is -7.47. The molecule has 0 fully saturated rings. The van der Waals surface area contributed by atoms with Crippen LogP contribution in [0, 0.1) is 38.2 Å². The van der Waals surface area contributed by atoms with Crippen LogP contribution >= 0.6 is 34.8 Å². The minimum atomic E-state index is -3.06. The third-order valence-corrected chi connectivity index (χ3v) is 18.4. The van der Waals surface area contributed by atoms with Crippen molar-refractivity contribution < 1.29 is 21.6 Å². The lowest BCUT2D eigenvalue weighted by Gasteiger charge is -2.18. The lowest BCUT2D eigenvalue weighted by molar-refractivity contribution is 0.572. The molecule has 0 aliphatic rings. The number of aryl methyl sites for hydroxylation is 3. The number of halogens is 6. The van der Waals surface area contributed by atoms with E-state index in [1.54, 1.807) is 48.8 Å². The molecule has 10 aromatic rings. The molecule has 0 saturated heterocycles. The van der Waals surface area contributed by atoms with Crippen LogP contribution in [0.5, 0.6) is 0 Å². The molecule has 0 N–H and O–H groups in total. The molecule has 0 amide bonds. The number of aromatic nitrogens is 4. The second kappa shape index (κ2) is 46.9. The van der Waals surface area contributed by atoms with Gasteiger partial charge in [0.25, 0.3) is 0 Å².